The number of rotatable bonds is 3. The van der Waals surface area contributed by atoms with Crippen molar-refractivity contribution in [3.63, 3.8) is 0 Å². The summed E-state index contributed by atoms with van der Waals surface area (Å²) in [7, 11) is 0. The van der Waals surface area contributed by atoms with Crippen LogP contribution < -0.4 is 5.76 Å². The molecule has 3 rings (SSSR count). The second-order valence-corrected chi connectivity index (χ2v) is 4.34. The summed E-state index contributed by atoms with van der Waals surface area (Å²) in [6, 6.07) is 15.1. The Morgan fingerprint density at radius 3 is 2.35 bits per heavy atom. The summed E-state index contributed by atoms with van der Waals surface area (Å²) in [6.45, 7) is 0.0124. The number of aromatic nitrogens is 2. The molecule has 2 N–H and O–H groups in total. The molecule has 0 spiro atoms. The van der Waals surface area contributed by atoms with Crippen LogP contribution in [0.1, 0.15) is 5.56 Å². The molecular weight excluding hydrogens is 256 g/mol. The van der Waals surface area contributed by atoms with E-state index in [-0.39, 0.29) is 6.61 Å². The molecule has 0 amide bonds. The second kappa shape index (κ2) is 5.14. The predicted octanol–water partition coefficient (Wildman–Crippen LogP) is 2.19. The van der Waals surface area contributed by atoms with E-state index in [1.807, 2.05) is 48.5 Å². The number of aliphatic hydroxyl groups is 1. The SMILES string of the molecule is O=c1[nH]c(-c2ccccc2-c2ccc(CO)cc2)no1. The van der Waals surface area contributed by atoms with E-state index >= 15 is 0 Å². The molecule has 2 aromatic carbocycles. The van der Waals surface area contributed by atoms with Crippen LogP contribution in [0.25, 0.3) is 22.5 Å². The van der Waals surface area contributed by atoms with Gasteiger partial charge >= 0.3 is 5.76 Å². The summed E-state index contributed by atoms with van der Waals surface area (Å²) < 4.78 is 4.55. The zero-order chi connectivity index (χ0) is 13.9. The van der Waals surface area contributed by atoms with E-state index in [9.17, 15) is 4.79 Å². The molecule has 0 atom stereocenters. The van der Waals surface area contributed by atoms with Gasteiger partial charge in [0.25, 0.3) is 0 Å². The number of aromatic amines is 1. The Balaban J connectivity index is 2.11. The van der Waals surface area contributed by atoms with Crippen molar-refractivity contribution in [2.24, 2.45) is 0 Å². The van der Waals surface area contributed by atoms with Gasteiger partial charge in [0.2, 0.25) is 0 Å². The Kier molecular flexibility index (Phi) is 3.18. The molecule has 0 fully saturated rings. The Hall–Kier alpha value is -2.66. The molecule has 0 aliphatic carbocycles. The van der Waals surface area contributed by atoms with E-state index in [1.165, 1.54) is 0 Å². The normalized spacial score (nSPS) is 10.7. The van der Waals surface area contributed by atoms with Crippen molar-refractivity contribution in [1.82, 2.24) is 10.1 Å². The van der Waals surface area contributed by atoms with E-state index in [2.05, 4.69) is 14.7 Å². The minimum absolute atomic E-state index is 0.0124. The van der Waals surface area contributed by atoms with Gasteiger partial charge in [0, 0.05) is 5.56 Å². The number of aliphatic hydroxyl groups excluding tert-OH is 1. The van der Waals surface area contributed by atoms with Crippen LogP contribution >= 0.6 is 0 Å². The zero-order valence-electron chi connectivity index (χ0n) is 10.5. The van der Waals surface area contributed by atoms with E-state index in [0.717, 1.165) is 22.3 Å². The fourth-order valence-electron chi connectivity index (χ4n) is 2.08. The smallest absolute Gasteiger partial charge is 0.392 e. The summed E-state index contributed by atoms with van der Waals surface area (Å²) in [4.78, 5) is 13.6. The lowest BCUT2D eigenvalue weighted by Gasteiger charge is -2.07. The summed E-state index contributed by atoms with van der Waals surface area (Å²) in [6.07, 6.45) is 0. The van der Waals surface area contributed by atoms with Crippen molar-refractivity contribution in [2.45, 2.75) is 6.61 Å². The Bertz CT molecular complexity index is 772. The Labute approximate surface area is 114 Å². The molecule has 1 heterocycles. The first-order chi connectivity index (χ1) is 9.78. The maximum atomic E-state index is 11.1. The number of H-pyrrole nitrogens is 1. The molecule has 0 bridgehead atoms. The average Bonchev–Trinajstić information content (AvgIpc) is 2.94. The lowest BCUT2D eigenvalue weighted by Crippen LogP contribution is -1.95. The fourth-order valence-corrected chi connectivity index (χ4v) is 2.08. The first-order valence-corrected chi connectivity index (χ1v) is 6.13. The third-order valence-electron chi connectivity index (χ3n) is 3.07. The number of hydrogen-bond acceptors (Lipinski definition) is 4. The van der Waals surface area contributed by atoms with Gasteiger partial charge in [0.15, 0.2) is 5.82 Å². The van der Waals surface area contributed by atoms with Gasteiger partial charge in [-0.05, 0) is 16.7 Å². The highest BCUT2D eigenvalue weighted by molar-refractivity contribution is 5.80. The van der Waals surface area contributed by atoms with Crippen molar-refractivity contribution in [3.8, 4) is 22.5 Å². The van der Waals surface area contributed by atoms with Gasteiger partial charge in [0.05, 0.1) is 6.61 Å². The van der Waals surface area contributed by atoms with Crippen LogP contribution in [0.5, 0.6) is 0 Å². The number of hydrogen-bond donors (Lipinski definition) is 2. The lowest BCUT2D eigenvalue weighted by molar-refractivity contribution is 0.282. The highest BCUT2D eigenvalue weighted by Gasteiger charge is 2.10. The summed E-state index contributed by atoms with van der Waals surface area (Å²) in [5, 5.41) is 12.8. The summed E-state index contributed by atoms with van der Waals surface area (Å²) >= 11 is 0. The number of nitrogens with zero attached hydrogens (tertiary/aromatic N) is 1. The van der Waals surface area contributed by atoms with Crippen LogP contribution in [0.4, 0.5) is 0 Å². The van der Waals surface area contributed by atoms with E-state index in [4.69, 9.17) is 5.11 Å². The third kappa shape index (κ3) is 2.26. The van der Waals surface area contributed by atoms with Crippen LogP contribution in [-0.4, -0.2) is 15.2 Å². The molecular formula is C15H12N2O3. The van der Waals surface area contributed by atoms with E-state index in [1.54, 1.807) is 0 Å². The molecule has 100 valence electrons. The molecule has 0 saturated heterocycles. The van der Waals surface area contributed by atoms with Crippen molar-refractivity contribution < 1.29 is 9.63 Å². The highest BCUT2D eigenvalue weighted by Crippen LogP contribution is 2.29. The molecule has 1 aromatic heterocycles. The maximum Gasteiger partial charge on any atom is 0.439 e. The van der Waals surface area contributed by atoms with E-state index in [0.29, 0.717) is 5.82 Å². The van der Waals surface area contributed by atoms with E-state index < -0.39 is 5.76 Å². The first-order valence-electron chi connectivity index (χ1n) is 6.13. The quantitative estimate of drug-likeness (QED) is 0.763. The fraction of sp³-hybridized carbons (Fsp3) is 0.0667. The molecule has 0 aliphatic rings. The van der Waals surface area contributed by atoms with Crippen molar-refractivity contribution in [3.05, 3.63) is 64.6 Å². The number of benzene rings is 2. The van der Waals surface area contributed by atoms with Crippen LogP contribution in [0.2, 0.25) is 0 Å². The van der Waals surface area contributed by atoms with Crippen LogP contribution in [0.3, 0.4) is 0 Å². The molecule has 20 heavy (non-hydrogen) atoms. The zero-order valence-corrected chi connectivity index (χ0v) is 10.5. The predicted molar refractivity (Wildman–Crippen MR) is 73.9 cm³/mol. The third-order valence-corrected chi connectivity index (χ3v) is 3.07. The lowest BCUT2D eigenvalue weighted by atomic mass is 9.98. The minimum Gasteiger partial charge on any atom is -0.392 e. The molecule has 5 nitrogen and oxygen atoms in total. The van der Waals surface area contributed by atoms with Gasteiger partial charge < -0.3 is 5.11 Å². The maximum absolute atomic E-state index is 11.1. The van der Waals surface area contributed by atoms with Gasteiger partial charge in [-0.1, -0.05) is 53.7 Å². The van der Waals surface area contributed by atoms with Gasteiger partial charge in [-0.15, -0.1) is 0 Å². The molecule has 0 radical (unpaired) electrons. The van der Waals surface area contributed by atoms with Crippen molar-refractivity contribution >= 4 is 0 Å². The van der Waals surface area contributed by atoms with Crippen LogP contribution in [0, 0.1) is 0 Å². The van der Waals surface area contributed by atoms with Gasteiger partial charge in [-0.3, -0.25) is 9.51 Å². The second-order valence-electron chi connectivity index (χ2n) is 4.34. The van der Waals surface area contributed by atoms with Gasteiger partial charge in [-0.25, -0.2) is 4.79 Å². The van der Waals surface area contributed by atoms with Gasteiger partial charge in [0.1, 0.15) is 0 Å². The topological polar surface area (TPSA) is 79.1 Å². The standard InChI is InChI=1S/C15H12N2O3/c18-9-10-5-7-11(8-6-10)12-3-1-2-4-13(12)14-16-15(19)20-17-14/h1-8,18H,9H2,(H,16,17,19). The minimum atomic E-state index is -0.578. The van der Waals surface area contributed by atoms with Gasteiger partial charge in [-0.2, -0.15) is 0 Å². The Morgan fingerprint density at radius 1 is 1.05 bits per heavy atom. The van der Waals surface area contributed by atoms with Crippen LogP contribution in [0.15, 0.2) is 57.8 Å². The molecule has 5 heteroatoms. The molecule has 0 unspecified atom stereocenters. The first kappa shape index (κ1) is 12.4. The molecule has 0 saturated carbocycles. The largest absolute Gasteiger partial charge is 0.439 e. The monoisotopic (exact) mass is 268 g/mol. The van der Waals surface area contributed by atoms with Crippen molar-refractivity contribution in [2.75, 3.05) is 0 Å². The highest BCUT2D eigenvalue weighted by atomic mass is 16.5. The molecule has 3 aromatic rings. The summed E-state index contributed by atoms with van der Waals surface area (Å²) in [5.74, 6) is -0.178. The average molecular weight is 268 g/mol. The Morgan fingerprint density at radius 2 is 1.75 bits per heavy atom. The van der Waals surface area contributed by atoms with Crippen molar-refractivity contribution in [1.29, 1.82) is 0 Å². The molecule has 0 aliphatic heterocycles. The summed E-state index contributed by atoms with van der Waals surface area (Å²) in [5.41, 5.74) is 3.54. The number of nitrogens with one attached hydrogen (secondary N) is 1. The van der Waals surface area contributed by atoms with Crippen LogP contribution in [-0.2, 0) is 6.61 Å².